The van der Waals surface area contributed by atoms with Crippen molar-refractivity contribution in [2.45, 2.75) is 0 Å². The summed E-state index contributed by atoms with van der Waals surface area (Å²) in [5.41, 5.74) is 4.13. The number of hydrazone groups is 1. The molecule has 27 heavy (non-hydrogen) atoms. The van der Waals surface area contributed by atoms with Gasteiger partial charge in [-0.3, -0.25) is 4.79 Å². The minimum absolute atomic E-state index is 0.120. The number of methoxy groups -OCH3 is 1. The maximum Gasteiger partial charge on any atom is 0.259 e. The van der Waals surface area contributed by atoms with Crippen LogP contribution in [0.25, 0.3) is 11.3 Å². The van der Waals surface area contributed by atoms with Crippen molar-refractivity contribution in [1.29, 1.82) is 0 Å². The summed E-state index contributed by atoms with van der Waals surface area (Å²) in [6.45, 7) is 0.120. The number of furan rings is 1. The zero-order chi connectivity index (χ0) is 19.1. The molecule has 0 saturated carbocycles. The Bertz CT molecular complexity index is 939. The van der Waals surface area contributed by atoms with Crippen LogP contribution >= 0.6 is 11.6 Å². The standard InChI is InChI=1S/C20H18ClN3O3/c1-26-19-9-7-14(11-17(19)21)18-10-8-16(27-18)12-23-24-20(25)13-22-15-5-3-2-4-6-15/h2-12,22H,13H2,1H3,(H,24,25)/b23-12+. The second-order valence-electron chi connectivity index (χ2n) is 5.56. The highest BCUT2D eigenvalue weighted by Gasteiger charge is 2.07. The molecule has 138 valence electrons. The molecule has 7 heteroatoms. The van der Waals surface area contributed by atoms with Crippen LogP contribution < -0.4 is 15.5 Å². The first-order valence-corrected chi connectivity index (χ1v) is 8.58. The third-order valence-electron chi connectivity index (χ3n) is 3.67. The minimum Gasteiger partial charge on any atom is -0.495 e. The van der Waals surface area contributed by atoms with Crippen LogP contribution in [-0.2, 0) is 4.79 Å². The van der Waals surface area contributed by atoms with E-state index in [4.69, 9.17) is 20.8 Å². The van der Waals surface area contributed by atoms with Crippen LogP contribution in [0.4, 0.5) is 5.69 Å². The number of rotatable bonds is 7. The van der Waals surface area contributed by atoms with E-state index in [-0.39, 0.29) is 12.5 Å². The number of halogens is 1. The lowest BCUT2D eigenvalue weighted by molar-refractivity contribution is -0.119. The van der Waals surface area contributed by atoms with Gasteiger partial charge in [0.05, 0.1) is 24.9 Å². The molecule has 3 aromatic rings. The van der Waals surface area contributed by atoms with Crippen molar-refractivity contribution in [2.24, 2.45) is 5.10 Å². The molecule has 0 aliphatic rings. The number of para-hydroxylation sites is 1. The second-order valence-corrected chi connectivity index (χ2v) is 5.97. The lowest BCUT2D eigenvalue weighted by Crippen LogP contribution is -2.25. The summed E-state index contributed by atoms with van der Waals surface area (Å²) in [6, 6.07) is 18.4. The molecule has 0 atom stereocenters. The van der Waals surface area contributed by atoms with Gasteiger partial charge in [0.15, 0.2) is 0 Å². The highest BCUT2D eigenvalue weighted by molar-refractivity contribution is 6.32. The van der Waals surface area contributed by atoms with E-state index >= 15 is 0 Å². The Balaban J connectivity index is 1.54. The minimum atomic E-state index is -0.260. The molecule has 0 fully saturated rings. The van der Waals surface area contributed by atoms with Gasteiger partial charge in [0.25, 0.3) is 5.91 Å². The number of nitrogens with zero attached hydrogens (tertiary/aromatic N) is 1. The predicted molar refractivity (Wildman–Crippen MR) is 106 cm³/mol. The highest BCUT2D eigenvalue weighted by Crippen LogP contribution is 2.30. The summed E-state index contributed by atoms with van der Waals surface area (Å²) < 4.78 is 10.8. The van der Waals surface area contributed by atoms with E-state index in [1.54, 1.807) is 31.4 Å². The zero-order valence-corrected chi connectivity index (χ0v) is 15.4. The van der Waals surface area contributed by atoms with Crippen molar-refractivity contribution in [2.75, 3.05) is 19.0 Å². The molecule has 0 bridgehead atoms. The summed E-state index contributed by atoms with van der Waals surface area (Å²) >= 11 is 6.13. The highest BCUT2D eigenvalue weighted by atomic mass is 35.5. The summed E-state index contributed by atoms with van der Waals surface area (Å²) in [5.74, 6) is 1.48. The number of carbonyl (C=O) groups is 1. The molecule has 1 heterocycles. The van der Waals surface area contributed by atoms with Crippen molar-refractivity contribution in [3.63, 3.8) is 0 Å². The SMILES string of the molecule is COc1ccc(-c2ccc(/C=N/NC(=O)CNc3ccccc3)o2)cc1Cl. The van der Waals surface area contributed by atoms with Gasteiger partial charge in [-0.2, -0.15) is 5.10 Å². The molecule has 0 aliphatic carbocycles. The van der Waals surface area contributed by atoms with E-state index in [1.165, 1.54) is 6.21 Å². The molecule has 0 radical (unpaired) electrons. The van der Waals surface area contributed by atoms with E-state index in [1.807, 2.05) is 36.4 Å². The van der Waals surface area contributed by atoms with Gasteiger partial charge in [-0.1, -0.05) is 29.8 Å². The molecule has 0 unspecified atom stereocenters. The molecule has 6 nitrogen and oxygen atoms in total. The lowest BCUT2D eigenvalue weighted by Gasteiger charge is -2.04. The maximum atomic E-state index is 11.8. The molecule has 0 saturated heterocycles. The van der Waals surface area contributed by atoms with Crippen LogP contribution in [0.5, 0.6) is 5.75 Å². The van der Waals surface area contributed by atoms with Crippen molar-refractivity contribution in [3.05, 3.63) is 71.4 Å². The van der Waals surface area contributed by atoms with Crippen molar-refractivity contribution < 1.29 is 13.9 Å². The third-order valence-corrected chi connectivity index (χ3v) is 3.97. The Labute approximate surface area is 161 Å². The van der Waals surface area contributed by atoms with Gasteiger partial charge in [-0.05, 0) is 42.5 Å². The number of carbonyl (C=O) groups excluding carboxylic acids is 1. The van der Waals surface area contributed by atoms with Gasteiger partial charge in [-0.15, -0.1) is 0 Å². The predicted octanol–water partition coefficient (Wildman–Crippen LogP) is 4.17. The molecule has 2 N–H and O–H groups in total. The van der Waals surface area contributed by atoms with Gasteiger partial charge >= 0.3 is 0 Å². The molecule has 1 aromatic heterocycles. The maximum absolute atomic E-state index is 11.8. The third kappa shape index (κ3) is 5.12. The number of hydrogen-bond donors (Lipinski definition) is 2. The van der Waals surface area contributed by atoms with Gasteiger partial charge in [0.2, 0.25) is 0 Å². The Morgan fingerprint density at radius 1 is 1.19 bits per heavy atom. The molecular formula is C20H18ClN3O3. The monoisotopic (exact) mass is 383 g/mol. The lowest BCUT2D eigenvalue weighted by atomic mass is 10.2. The summed E-state index contributed by atoms with van der Waals surface area (Å²) in [4.78, 5) is 11.8. The number of nitrogens with one attached hydrogen (secondary N) is 2. The topological polar surface area (TPSA) is 75.9 Å². The fraction of sp³-hybridized carbons (Fsp3) is 0.100. The van der Waals surface area contributed by atoms with Crippen molar-refractivity contribution >= 4 is 29.4 Å². The molecule has 1 amide bonds. The fourth-order valence-corrected chi connectivity index (χ4v) is 2.60. The normalized spacial score (nSPS) is 10.7. The zero-order valence-electron chi connectivity index (χ0n) is 14.6. The first-order chi connectivity index (χ1) is 13.2. The number of ether oxygens (including phenoxy) is 1. The molecule has 2 aromatic carbocycles. The fourth-order valence-electron chi connectivity index (χ4n) is 2.34. The smallest absolute Gasteiger partial charge is 0.259 e. The first kappa shape index (κ1) is 18.5. The van der Waals surface area contributed by atoms with Crippen LogP contribution in [0.3, 0.4) is 0 Å². The largest absolute Gasteiger partial charge is 0.495 e. The van der Waals surface area contributed by atoms with Crippen LogP contribution in [0, 0.1) is 0 Å². The van der Waals surface area contributed by atoms with E-state index in [0.29, 0.717) is 22.3 Å². The molecular weight excluding hydrogens is 366 g/mol. The average molecular weight is 384 g/mol. The van der Waals surface area contributed by atoms with Crippen LogP contribution in [-0.4, -0.2) is 25.8 Å². The van der Waals surface area contributed by atoms with E-state index in [2.05, 4.69) is 15.8 Å². The van der Waals surface area contributed by atoms with Gasteiger partial charge in [0.1, 0.15) is 17.3 Å². The number of hydrogen-bond acceptors (Lipinski definition) is 5. The van der Waals surface area contributed by atoms with E-state index in [0.717, 1.165) is 11.3 Å². The Morgan fingerprint density at radius 3 is 2.74 bits per heavy atom. The Hall–Kier alpha value is -3.25. The Morgan fingerprint density at radius 2 is 2.00 bits per heavy atom. The van der Waals surface area contributed by atoms with Crippen LogP contribution in [0.2, 0.25) is 5.02 Å². The summed E-state index contributed by atoms with van der Waals surface area (Å²) in [5, 5.41) is 7.40. The summed E-state index contributed by atoms with van der Waals surface area (Å²) in [7, 11) is 1.56. The van der Waals surface area contributed by atoms with Crippen molar-refractivity contribution in [3.8, 4) is 17.1 Å². The van der Waals surface area contributed by atoms with Gasteiger partial charge in [0, 0.05) is 11.3 Å². The van der Waals surface area contributed by atoms with Crippen LogP contribution in [0.15, 0.2) is 70.2 Å². The number of benzene rings is 2. The van der Waals surface area contributed by atoms with Crippen molar-refractivity contribution in [1.82, 2.24) is 5.43 Å². The van der Waals surface area contributed by atoms with Gasteiger partial charge < -0.3 is 14.5 Å². The van der Waals surface area contributed by atoms with Gasteiger partial charge in [-0.25, -0.2) is 5.43 Å². The number of anilines is 1. The van der Waals surface area contributed by atoms with E-state index in [9.17, 15) is 4.79 Å². The first-order valence-electron chi connectivity index (χ1n) is 8.20. The molecule has 0 spiro atoms. The Kier molecular flexibility index (Phi) is 6.12. The number of amides is 1. The average Bonchev–Trinajstić information content (AvgIpc) is 3.16. The quantitative estimate of drug-likeness (QED) is 0.474. The molecule has 3 rings (SSSR count). The van der Waals surface area contributed by atoms with Crippen LogP contribution in [0.1, 0.15) is 5.76 Å². The molecule has 0 aliphatic heterocycles. The summed E-state index contributed by atoms with van der Waals surface area (Å²) in [6.07, 6.45) is 1.44. The second kappa shape index (κ2) is 8.91. The van der Waals surface area contributed by atoms with E-state index < -0.39 is 0 Å².